The highest BCUT2D eigenvalue weighted by Crippen LogP contribution is 2.41. The Labute approximate surface area is 175 Å². The second-order valence-corrected chi connectivity index (χ2v) is 8.24. The van der Waals surface area contributed by atoms with Crippen LogP contribution in [-0.4, -0.2) is 58.6 Å². The summed E-state index contributed by atoms with van der Waals surface area (Å²) in [6.45, 7) is -0.487. The predicted molar refractivity (Wildman–Crippen MR) is 111 cm³/mol. The van der Waals surface area contributed by atoms with Crippen molar-refractivity contribution in [1.29, 1.82) is 0 Å². The van der Waals surface area contributed by atoms with Crippen LogP contribution in [0.5, 0.6) is 5.75 Å². The highest BCUT2D eigenvalue weighted by atomic mass is 16.5. The number of aliphatic hydroxyl groups is 4. The Bertz CT molecular complexity index is 880. The van der Waals surface area contributed by atoms with Gasteiger partial charge in [0.05, 0.1) is 13.7 Å². The number of nitrogen functional groups attached to an aromatic ring is 1. The number of ether oxygens (including phenoxy) is 2. The molecule has 2 aromatic carbocycles. The lowest BCUT2D eigenvalue weighted by atomic mass is 9.89. The van der Waals surface area contributed by atoms with Gasteiger partial charge in [0, 0.05) is 17.3 Å². The van der Waals surface area contributed by atoms with Crippen molar-refractivity contribution in [3.63, 3.8) is 0 Å². The molecule has 0 bridgehead atoms. The van der Waals surface area contributed by atoms with E-state index >= 15 is 0 Å². The van der Waals surface area contributed by atoms with Gasteiger partial charge in [-0.15, -0.1) is 0 Å². The third-order valence-electron chi connectivity index (χ3n) is 6.11. The molecule has 1 heterocycles. The Balaban J connectivity index is 1.64. The SMILES string of the molecule is COc1cc(N)c(Cc2ccc(C3CC3)cc2)cc1[C@@H]1O[C@H](CO)[C@@H](O)C(O)[C@H]1O. The van der Waals surface area contributed by atoms with Gasteiger partial charge in [-0.2, -0.15) is 0 Å². The van der Waals surface area contributed by atoms with Crippen molar-refractivity contribution in [2.75, 3.05) is 19.5 Å². The molecule has 5 atom stereocenters. The van der Waals surface area contributed by atoms with Gasteiger partial charge in [-0.05, 0) is 47.9 Å². The van der Waals surface area contributed by atoms with Crippen LogP contribution in [0.1, 0.15) is 47.1 Å². The summed E-state index contributed by atoms with van der Waals surface area (Å²) in [5.41, 5.74) is 10.6. The Morgan fingerprint density at radius 1 is 1.03 bits per heavy atom. The highest BCUT2D eigenvalue weighted by molar-refractivity contribution is 5.57. The fraction of sp³-hybridized carbons (Fsp3) is 0.478. The fourth-order valence-electron chi connectivity index (χ4n) is 4.11. The van der Waals surface area contributed by atoms with Gasteiger partial charge in [0.15, 0.2) is 0 Å². The van der Waals surface area contributed by atoms with Crippen molar-refractivity contribution in [3.8, 4) is 5.75 Å². The van der Waals surface area contributed by atoms with Crippen LogP contribution in [0.3, 0.4) is 0 Å². The van der Waals surface area contributed by atoms with Crippen LogP contribution in [0.2, 0.25) is 0 Å². The molecule has 0 amide bonds. The highest BCUT2D eigenvalue weighted by Gasteiger charge is 2.45. The Kier molecular flexibility index (Phi) is 5.99. The summed E-state index contributed by atoms with van der Waals surface area (Å²) >= 11 is 0. The van der Waals surface area contributed by atoms with Gasteiger partial charge in [0.1, 0.15) is 36.3 Å². The zero-order valence-corrected chi connectivity index (χ0v) is 16.9. The minimum absolute atomic E-state index is 0.407. The van der Waals surface area contributed by atoms with E-state index < -0.39 is 37.1 Å². The minimum atomic E-state index is -1.46. The molecule has 2 aliphatic rings. The van der Waals surface area contributed by atoms with E-state index in [1.165, 1.54) is 25.5 Å². The average Bonchev–Trinajstić information content (AvgIpc) is 3.60. The van der Waals surface area contributed by atoms with E-state index in [1.807, 2.05) is 0 Å². The molecular formula is C23H29NO6. The molecular weight excluding hydrogens is 386 g/mol. The maximum atomic E-state index is 10.5. The number of anilines is 1. The fourth-order valence-corrected chi connectivity index (χ4v) is 4.11. The van der Waals surface area contributed by atoms with Crippen LogP contribution in [0.4, 0.5) is 5.69 Å². The minimum Gasteiger partial charge on any atom is -0.496 e. The van der Waals surface area contributed by atoms with Crippen LogP contribution in [0.25, 0.3) is 0 Å². The molecule has 1 aliphatic carbocycles. The van der Waals surface area contributed by atoms with E-state index in [9.17, 15) is 20.4 Å². The van der Waals surface area contributed by atoms with E-state index in [4.69, 9.17) is 15.2 Å². The van der Waals surface area contributed by atoms with Crippen LogP contribution >= 0.6 is 0 Å². The molecule has 1 unspecified atom stereocenters. The molecule has 0 spiro atoms. The third-order valence-corrected chi connectivity index (χ3v) is 6.11. The number of nitrogens with two attached hydrogens (primary N) is 1. The lowest BCUT2D eigenvalue weighted by molar-refractivity contribution is -0.232. The molecule has 1 aliphatic heterocycles. The van der Waals surface area contributed by atoms with Crippen LogP contribution in [0.15, 0.2) is 36.4 Å². The van der Waals surface area contributed by atoms with Crippen molar-refractivity contribution in [1.82, 2.24) is 0 Å². The summed E-state index contributed by atoms with van der Waals surface area (Å²) in [6, 6.07) is 12.0. The van der Waals surface area contributed by atoms with Gasteiger partial charge in [0.25, 0.3) is 0 Å². The van der Waals surface area contributed by atoms with Gasteiger partial charge >= 0.3 is 0 Å². The smallest absolute Gasteiger partial charge is 0.126 e. The van der Waals surface area contributed by atoms with E-state index in [0.29, 0.717) is 29.3 Å². The van der Waals surface area contributed by atoms with E-state index in [-0.39, 0.29) is 0 Å². The first-order valence-corrected chi connectivity index (χ1v) is 10.3. The molecule has 1 saturated heterocycles. The zero-order chi connectivity index (χ0) is 21.4. The van der Waals surface area contributed by atoms with Crippen LogP contribution < -0.4 is 10.5 Å². The molecule has 7 nitrogen and oxygen atoms in total. The molecule has 1 saturated carbocycles. The van der Waals surface area contributed by atoms with Crippen molar-refractivity contribution in [3.05, 3.63) is 58.7 Å². The van der Waals surface area contributed by atoms with E-state index in [2.05, 4.69) is 24.3 Å². The maximum Gasteiger partial charge on any atom is 0.126 e. The van der Waals surface area contributed by atoms with Gasteiger partial charge < -0.3 is 35.6 Å². The standard InChI is InChI=1S/C23H29NO6/c1-29-18-10-17(24)15(8-12-2-4-13(5-3-12)14-6-7-14)9-16(18)23-22(28)21(27)20(26)19(11-25)30-23/h2-5,9-10,14,19-23,25-28H,6-8,11,24H2,1H3/t19-,20-,21?,22-,23+/m1/s1. The summed E-state index contributed by atoms with van der Waals surface area (Å²) in [5.74, 6) is 1.10. The molecule has 162 valence electrons. The summed E-state index contributed by atoms with van der Waals surface area (Å²) in [5, 5.41) is 40.3. The lowest BCUT2D eigenvalue weighted by Gasteiger charge is -2.40. The summed E-state index contributed by atoms with van der Waals surface area (Å²) in [7, 11) is 1.48. The topological polar surface area (TPSA) is 125 Å². The lowest BCUT2D eigenvalue weighted by Crippen LogP contribution is -2.55. The summed E-state index contributed by atoms with van der Waals surface area (Å²) in [4.78, 5) is 0. The monoisotopic (exact) mass is 415 g/mol. The first-order valence-electron chi connectivity index (χ1n) is 10.3. The normalized spacial score (nSPS) is 29.0. The first kappa shape index (κ1) is 21.1. The van der Waals surface area contributed by atoms with Crippen LogP contribution in [0, 0.1) is 0 Å². The van der Waals surface area contributed by atoms with Gasteiger partial charge in [0.2, 0.25) is 0 Å². The second-order valence-electron chi connectivity index (χ2n) is 8.24. The largest absolute Gasteiger partial charge is 0.496 e. The second kappa shape index (κ2) is 8.53. The molecule has 6 N–H and O–H groups in total. The van der Waals surface area contributed by atoms with Crippen molar-refractivity contribution in [2.45, 2.75) is 55.7 Å². The van der Waals surface area contributed by atoms with Gasteiger partial charge in [-0.25, -0.2) is 0 Å². The number of hydrogen-bond acceptors (Lipinski definition) is 7. The maximum absolute atomic E-state index is 10.5. The summed E-state index contributed by atoms with van der Waals surface area (Å²) < 4.78 is 11.2. The van der Waals surface area contributed by atoms with Gasteiger partial charge in [-0.3, -0.25) is 0 Å². The quantitative estimate of drug-likeness (QED) is 0.450. The van der Waals surface area contributed by atoms with Crippen LogP contribution in [-0.2, 0) is 11.2 Å². The molecule has 7 heteroatoms. The Hall–Kier alpha value is -2.16. The first-order chi connectivity index (χ1) is 14.4. The molecule has 0 aromatic heterocycles. The molecule has 2 fully saturated rings. The third kappa shape index (κ3) is 4.04. The zero-order valence-electron chi connectivity index (χ0n) is 16.9. The number of aliphatic hydroxyl groups excluding tert-OH is 4. The summed E-state index contributed by atoms with van der Waals surface area (Å²) in [6.07, 6.45) is -3.12. The molecule has 30 heavy (non-hydrogen) atoms. The molecule has 4 rings (SSSR count). The number of rotatable bonds is 6. The number of methoxy groups -OCH3 is 1. The van der Waals surface area contributed by atoms with E-state index in [1.54, 1.807) is 12.1 Å². The Morgan fingerprint density at radius 3 is 2.33 bits per heavy atom. The Morgan fingerprint density at radius 2 is 1.73 bits per heavy atom. The van der Waals surface area contributed by atoms with Crippen molar-refractivity contribution < 1.29 is 29.9 Å². The number of hydrogen-bond donors (Lipinski definition) is 5. The molecule has 2 aromatic rings. The van der Waals surface area contributed by atoms with Gasteiger partial charge in [-0.1, -0.05) is 24.3 Å². The number of benzene rings is 2. The van der Waals surface area contributed by atoms with E-state index in [0.717, 1.165) is 11.1 Å². The van der Waals surface area contributed by atoms with Crippen molar-refractivity contribution >= 4 is 5.69 Å². The average molecular weight is 415 g/mol. The van der Waals surface area contributed by atoms with Crippen molar-refractivity contribution in [2.24, 2.45) is 0 Å². The molecule has 0 radical (unpaired) electrons. The predicted octanol–water partition coefficient (Wildman–Crippen LogP) is 1.26.